The van der Waals surface area contributed by atoms with E-state index in [0.717, 1.165) is 32.1 Å². The fourth-order valence-electron chi connectivity index (χ4n) is 7.82. The highest BCUT2D eigenvalue weighted by molar-refractivity contribution is 6.04. The second kappa shape index (κ2) is 7.93. The summed E-state index contributed by atoms with van der Waals surface area (Å²) in [5.74, 6) is 0.508. The van der Waals surface area contributed by atoms with Crippen LogP contribution in [0.2, 0.25) is 0 Å². The number of esters is 1. The van der Waals surface area contributed by atoms with Crippen LogP contribution in [0, 0.1) is 44.9 Å². The fraction of sp³-hybridized carbons (Fsp3) is 0.552. The predicted octanol–water partition coefficient (Wildman–Crippen LogP) is 5.72. The number of aryl methyl sites for hydroxylation is 3. The third kappa shape index (κ3) is 3.55. The summed E-state index contributed by atoms with van der Waals surface area (Å²) in [4.78, 5) is 41.4. The van der Waals surface area contributed by atoms with Gasteiger partial charge in [-0.2, -0.15) is 0 Å². The van der Waals surface area contributed by atoms with Crippen LogP contribution in [0.1, 0.15) is 94.2 Å². The Morgan fingerprint density at radius 2 is 1.68 bits per heavy atom. The van der Waals surface area contributed by atoms with Crippen LogP contribution < -0.4 is 0 Å². The molecule has 4 fully saturated rings. The van der Waals surface area contributed by atoms with E-state index in [9.17, 15) is 14.4 Å². The summed E-state index contributed by atoms with van der Waals surface area (Å²) in [7, 11) is 0. The van der Waals surface area contributed by atoms with Gasteiger partial charge in [0.25, 0.3) is 0 Å². The van der Waals surface area contributed by atoms with E-state index < -0.39 is 5.41 Å². The van der Waals surface area contributed by atoms with Crippen molar-refractivity contribution in [2.24, 2.45) is 17.3 Å². The van der Waals surface area contributed by atoms with Gasteiger partial charge in [0.15, 0.2) is 12.4 Å². The molecule has 4 aliphatic carbocycles. The summed E-state index contributed by atoms with van der Waals surface area (Å²) in [6.07, 6.45) is 6.06. The lowest BCUT2D eigenvalue weighted by atomic mass is 9.43. The molecular formula is C29H35NO4. The third-order valence-corrected chi connectivity index (χ3v) is 9.02. The maximum atomic E-state index is 13.6. The van der Waals surface area contributed by atoms with Crippen LogP contribution in [0.3, 0.4) is 0 Å². The molecule has 1 heterocycles. The van der Waals surface area contributed by atoms with Crippen LogP contribution in [0.5, 0.6) is 0 Å². The van der Waals surface area contributed by atoms with Crippen LogP contribution in [0.15, 0.2) is 18.2 Å². The van der Waals surface area contributed by atoms with E-state index in [1.54, 1.807) is 13.8 Å². The van der Waals surface area contributed by atoms with Gasteiger partial charge in [0.1, 0.15) is 0 Å². The lowest BCUT2D eigenvalue weighted by molar-refractivity contribution is -0.172. The zero-order valence-electron chi connectivity index (χ0n) is 21.0. The molecule has 6 rings (SSSR count). The zero-order chi connectivity index (χ0) is 24.4. The molecule has 180 valence electrons. The molecule has 0 spiro atoms. The summed E-state index contributed by atoms with van der Waals surface area (Å²) in [6.45, 7) is 9.06. The largest absolute Gasteiger partial charge is 0.457 e. The van der Waals surface area contributed by atoms with E-state index in [1.165, 1.54) is 30.0 Å². The summed E-state index contributed by atoms with van der Waals surface area (Å²) < 4.78 is 5.74. The van der Waals surface area contributed by atoms with Gasteiger partial charge < -0.3 is 9.72 Å². The van der Waals surface area contributed by atoms with Gasteiger partial charge >= 0.3 is 5.97 Å². The Balaban J connectivity index is 1.36. The molecule has 4 atom stereocenters. The average molecular weight is 462 g/mol. The normalized spacial score (nSPS) is 29.3. The number of ketones is 2. The van der Waals surface area contributed by atoms with E-state index >= 15 is 0 Å². The van der Waals surface area contributed by atoms with Gasteiger partial charge in [-0.3, -0.25) is 14.4 Å². The van der Waals surface area contributed by atoms with E-state index in [-0.39, 0.29) is 29.6 Å². The molecule has 4 saturated carbocycles. The van der Waals surface area contributed by atoms with Gasteiger partial charge in [-0.05, 0) is 113 Å². The molecule has 0 radical (unpaired) electrons. The Labute approximate surface area is 201 Å². The number of aromatic nitrogens is 1. The van der Waals surface area contributed by atoms with Crippen molar-refractivity contribution in [3.63, 3.8) is 0 Å². The maximum absolute atomic E-state index is 13.6. The van der Waals surface area contributed by atoms with E-state index in [1.807, 2.05) is 0 Å². The Kier molecular flexibility index (Phi) is 5.38. The third-order valence-electron chi connectivity index (χ3n) is 9.02. The van der Waals surface area contributed by atoms with E-state index in [0.29, 0.717) is 34.4 Å². The summed E-state index contributed by atoms with van der Waals surface area (Å²) in [6, 6.07) is 6.80. The monoisotopic (exact) mass is 461 g/mol. The Morgan fingerprint density at radius 1 is 1.00 bits per heavy atom. The zero-order valence-corrected chi connectivity index (χ0v) is 21.0. The minimum atomic E-state index is -0.492. The minimum Gasteiger partial charge on any atom is -0.457 e. The number of ether oxygens (including phenoxy) is 1. The summed E-state index contributed by atoms with van der Waals surface area (Å²) in [5, 5.41) is 0. The SMILES string of the molecule is CC(=O)c1c(C)[nH]c(C(=O)COC(=O)C23C[C@H]4C[C@@H](C2)CC(c2ccc(C)c(C)c2)(C4)C3)c1C. The summed E-state index contributed by atoms with van der Waals surface area (Å²) >= 11 is 0. The van der Waals surface area contributed by atoms with Gasteiger partial charge in [-0.1, -0.05) is 18.2 Å². The van der Waals surface area contributed by atoms with Gasteiger partial charge in [0, 0.05) is 11.3 Å². The van der Waals surface area contributed by atoms with Crippen molar-refractivity contribution in [3.8, 4) is 0 Å². The first-order valence-electron chi connectivity index (χ1n) is 12.5. The Hall–Kier alpha value is -2.69. The Morgan fingerprint density at radius 3 is 2.26 bits per heavy atom. The number of nitrogens with one attached hydrogen (secondary N) is 1. The molecule has 1 aromatic heterocycles. The molecule has 0 aliphatic heterocycles. The van der Waals surface area contributed by atoms with Crippen LogP contribution in [-0.2, 0) is 14.9 Å². The first kappa shape index (κ1) is 23.1. The molecule has 1 N–H and O–H groups in total. The van der Waals surface area contributed by atoms with E-state index in [2.05, 4.69) is 37.0 Å². The first-order chi connectivity index (χ1) is 16.0. The number of H-pyrrole nitrogens is 1. The first-order valence-corrected chi connectivity index (χ1v) is 12.5. The predicted molar refractivity (Wildman–Crippen MR) is 130 cm³/mol. The number of carbonyl (C=O) groups is 3. The molecule has 5 nitrogen and oxygen atoms in total. The minimum absolute atomic E-state index is 0.0368. The highest BCUT2D eigenvalue weighted by atomic mass is 16.5. The quantitative estimate of drug-likeness (QED) is 0.441. The van der Waals surface area contributed by atoms with Crippen molar-refractivity contribution in [2.75, 3.05) is 6.61 Å². The molecule has 4 bridgehead atoms. The molecular weight excluding hydrogens is 426 g/mol. The smallest absolute Gasteiger partial charge is 0.312 e. The van der Waals surface area contributed by atoms with Crippen LogP contribution in [-0.4, -0.2) is 29.1 Å². The number of benzene rings is 1. The number of Topliss-reactive ketones (excluding diaryl/α,β-unsaturated/α-hetero) is 2. The van der Waals surface area contributed by atoms with E-state index in [4.69, 9.17) is 4.74 Å². The molecule has 34 heavy (non-hydrogen) atoms. The average Bonchev–Trinajstić information content (AvgIpc) is 3.06. The molecule has 4 aliphatic rings. The molecule has 2 aromatic rings. The molecule has 0 amide bonds. The topological polar surface area (TPSA) is 76.2 Å². The van der Waals surface area contributed by atoms with Crippen LogP contribution in [0.25, 0.3) is 0 Å². The fourth-order valence-corrected chi connectivity index (χ4v) is 7.82. The Bertz CT molecular complexity index is 1190. The number of rotatable bonds is 6. The number of hydrogen-bond acceptors (Lipinski definition) is 4. The summed E-state index contributed by atoms with van der Waals surface area (Å²) in [5.41, 5.74) is 5.74. The van der Waals surface area contributed by atoms with Crippen molar-refractivity contribution in [3.05, 3.63) is 57.4 Å². The lowest BCUT2D eigenvalue weighted by Crippen LogP contribution is -2.57. The van der Waals surface area contributed by atoms with Crippen molar-refractivity contribution in [2.45, 2.75) is 78.6 Å². The highest BCUT2D eigenvalue weighted by Gasteiger charge is 2.61. The highest BCUT2D eigenvalue weighted by Crippen LogP contribution is 2.66. The second-order valence-electron chi connectivity index (χ2n) is 11.5. The number of hydrogen-bond donors (Lipinski definition) is 1. The van der Waals surface area contributed by atoms with Crippen molar-refractivity contribution >= 4 is 17.5 Å². The second-order valence-corrected chi connectivity index (χ2v) is 11.5. The van der Waals surface area contributed by atoms with Crippen LogP contribution >= 0.6 is 0 Å². The maximum Gasteiger partial charge on any atom is 0.312 e. The molecule has 2 unspecified atom stereocenters. The molecule has 1 aromatic carbocycles. The van der Waals surface area contributed by atoms with Crippen LogP contribution in [0.4, 0.5) is 0 Å². The number of carbonyl (C=O) groups excluding carboxylic acids is 3. The standard InChI is InChI=1S/C29H35NO4/c1-16-6-7-23(8-17(16)2)28-10-21-9-22(11-28)13-29(12-21,15-28)27(33)34-14-24(32)26-18(3)25(20(5)31)19(4)30-26/h6-8,21-22,30H,9-15H2,1-5H3/t21-,22+,28?,29?. The number of aromatic amines is 1. The van der Waals surface area contributed by atoms with Crippen molar-refractivity contribution in [1.29, 1.82) is 0 Å². The van der Waals surface area contributed by atoms with Crippen molar-refractivity contribution < 1.29 is 19.1 Å². The van der Waals surface area contributed by atoms with Gasteiger partial charge in [-0.25, -0.2) is 0 Å². The molecule has 5 heteroatoms. The van der Waals surface area contributed by atoms with Gasteiger partial charge in [0.2, 0.25) is 5.78 Å². The van der Waals surface area contributed by atoms with Gasteiger partial charge in [-0.15, -0.1) is 0 Å². The van der Waals surface area contributed by atoms with Crippen molar-refractivity contribution in [1.82, 2.24) is 4.98 Å². The van der Waals surface area contributed by atoms with Gasteiger partial charge in [0.05, 0.1) is 11.1 Å². The lowest BCUT2D eigenvalue weighted by Gasteiger charge is -2.61. The molecule has 0 saturated heterocycles.